The van der Waals surface area contributed by atoms with Crippen molar-refractivity contribution in [2.24, 2.45) is 0 Å². The van der Waals surface area contributed by atoms with Crippen LogP contribution in [0.2, 0.25) is 0 Å². The van der Waals surface area contributed by atoms with Crippen LogP contribution in [0.15, 0.2) is 72.9 Å². The first-order valence-corrected chi connectivity index (χ1v) is 20.4. The number of allylic oxidation sites excluding steroid dienone is 12. The Bertz CT molecular complexity index is 1080. The Kier molecular flexibility index (Phi) is 34.0. The van der Waals surface area contributed by atoms with Gasteiger partial charge in [-0.25, -0.2) is 4.57 Å². The molecule has 0 aromatic carbocycles. The lowest BCUT2D eigenvalue weighted by molar-refractivity contribution is -0.161. The second-order valence-electron chi connectivity index (χ2n) is 12.2. The van der Waals surface area contributed by atoms with Crippen LogP contribution in [0, 0.1) is 0 Å². The van der Waals surface area contributed by atoms with Crippen molar-refractivity contribution in [3.05, 3.63) is 72.9 Å². The predicted octanol–water partition coefficient (Wildman–Crippen LogP) is 9.33. The molecule has 0 fully saturated rings. The summed E-state index contributed by atoms with van der Waals surface area (Å²) in [6.07, 6.45) is 38.8. The third kappa shape index (κ3) is 35.6. The van der Waals surface area contributed by atoms with Gasteiger partial charge in [0.15, 0.2) is 6.10 Å². The van der Waals surface area contributed by atoms with Crippen molar-refractivity contribution in [1.29, 1.82) is 0 Å². The van der Waals surface area contributed by atoms with Gasteiger partial charge in [0.05, 0.1) is 19.8 Å². The number of carbonyl (C=O) groups excluding carboxylic acids is 2. The summed E-state index contributed by atoms with van der Waals surface area (Å²) < 4.78 is 32.5. The number of phosphoric acid groups is 1. The van der Waals surface area contributed by atoms with Crippen molar-refractivity contribution in [2.75, 3.05) is 26.4 Å². The minimum Gasteiger partial charge on any atom is -0.462 e. The molecule has 0 spiro atoms. The van der Waals surface area contributed by atoms with Crippen molar-refractivity contribution in [1.82, 2.24) is 0 Å². The SMILES string of the molecule is CC/C=C\C/C=C\C/C=C\CCCCCCCC(=O)OC(COC(=O)CCCCC/C=C\C/C=C\C/C=C\CC)COP(=O)(O)OCC(O)CO. The number of carbonyl (C=O) groups is 2. The molecule has 0 rings (SSSR count). The summed E-state index contributed by atoms with van der Waals surface area (Å²) in [5.41, 5.74) is 0. The fraction of sp³-hybridized carbons (Fsp3) is 0.650. The van der Waals surface area contributed by atoms with Gasteiger partial charge >= 0.3 is 19.8 Å². The number of aliphatic hydroxyl groups is 2. The van der Waals surface area contributed by atoms with Gasteiger partial charge in [-0.2, -0.15) is 0 Å². The van der Waals surface area contributed by atoms with Crippen LogP contribution >= 0.6 is 7.82 Å². The van der Waals surface area contributed by atoms with Crippen molar-refractivity contribution >= 4 is 19.8 Å². The Balaban J connectivity index is 4.47. The molecule has 0 bridgehead atoms. The normalized spacial score (nSPS) is 14.8. The van der Waals surface area contributed by atoms with Crippen LogP contribution in [0.3, 0.4) is 0 Å². The number of aliphatic hydroxyl groups excluding tert-OH is 2. The van der Waals surface area contributed by atoms with E-state index in [1.54, 1.807) is 0 Å². The van der Waals surface area contributed by atoms with Crippen LogP contribution in [0.25, 0.3) is 0 Å². The van der Waals surface area contributed by atoms with E-state index in [0.29, 0.717) is 12.8 Å². The van der Waals surface area contributed by atoms with E-state index in [1.165, 1.54) is 0 Å². The van der Waals surface area contributed by atoms with E-state index in [4.69, 9.17) is 19.1 Å². The molecule has 3 N–H and O–H groups in total. The minimum absolute atomic E-state index is 0.154. The number of phosphoric ester groups is 1. The van der Waals surface area contributed by atoms with Crippen LogP contribution in [-0.4, -0.2) is 65.7 Å². The third-order valence-corrected chi connectivity index (χ3v) is 8.31. The summed E-state index contributed by atoms with van der Waals surface area (Å²) in [5, 5.41) is 18.3. The Labute approximate surface area is 308 Å². The Morgan fingerprint density at radius 3 is 1.55 bits per heavy atom. The highest BCUT2D eigenvalue weighted by molar-refractivity contribution is 7.47. The van der Waals surface area contributed by atoms with Gasteiger partial charge in [-0.3, -0.25) is 18.6 Å². The van der Waals surface area contributed by atoms with Gasteiger partial charge < -0.3 is 24.6 Å². The molecule has 10 nitrogen and oxygen atoms in total. The summed E-state index contributed by atoms with van der Waals surface area (Å²) in [4.78, 5) is 34.8. The average Bonchev–Trinajstić information content (AvgIpc) is 3.12. The molecule has 0 aromatic rings. The van der Waals surface area contributed by atoms with Crippen molar-refractivity contribution in [3.8, 4) is 0 Å². The molecule has 0 saturated carbocycles. The molecule has 0 heterocycles. The van der Waals surface area contributed by atoms with Crippen molar-refractivity contribution in [3.63, 3.8) is 0 Å². The molecule has 51 heavy (non-hydrogen) atoms. The maximum Gasteiger partial charge on any atom is 0.472 e. The molecule has 292 valence electrons. The second kappa shape index (κ2) is 35.8. The molecule has 0 aliphatic rings. The zero-order valence-corrected chi connectivity index (χ0v) is 32.2. The molecule has 0 aliphatic heterocycles. The van der Waals surface area contributed by atoms with E-state index in [-0.39, 0.29) is 19.4 Å². The van der Waals surface area contributed by atoms with Crippen LogP contribution in [0.1, 0.15) is 129 Å². The summed E-state index contributed by atoms with van der Waals surface area (Å²) in [5.74, 6) is -0.989. The average molecular weight is 739 g/mol. The van der Waals surface area contributed by atoms with E-state index < -0.39 is 51.8 Å². The summed E-state index contributed by atoms with van der Waals surface area (Å²) in [6, 6.07) is 0. The fourth-order valence-corrected chi connectivity index (χ4v) is 5.28. The standard InChI is InChI=1S/C40H67O10P/c1-3-5-7-9-11-13-15-17-18-20-22-24-26-28-30-32-40(44)50-38(36-49-51(45,46)48-34-37(42)33-41)35-47-39(43)31-29-27-25-23-21-19-16-14-12-10-8-6-4-2/h5-8,11-14,17-19,21,37-38,41-42H,3-4,9-10,15-16,20,22-36H2,1-2H3,(H,45,46)/b7-5-,8-6-,13-11-,14-12-,18-17-,21-19-. The molecular weight excluding hydrogens is 671 g/mol. The lowest BCUT2D eigenvalue weighted by Crippen LogP contribution is -2.29. The largest absolute Gasteiger partial charge is 0.472 e. The molecule has 0 amide bonds. The fourth-order valence-electron chi connectivity index (χ4n) is 4.49. The number of ether oxygens (including phenoxy) is 2. The number of hydrogen-bond donors (Lipinski definition) is 3. The van der Waals surface area contributed by atoms with Gasteiger partial charge in [0.2, 0.25) is 0 Å². The van der Waals surface area contributed by atoms with Gasteiger partial charge in [-0.05, 0) is 77.0 Å². The maximum absolute atomic E-state index is 12.5. The van der Waals surface area contributed by atoms with E-state index in [9.17, 15) is 24.2 Å². The molecule has 0 radical (unpaired) electrons. The third-order valence-electron chi connectivity index (χ3n) is 7.36. The first kappa shape index (κ1) is 48.4. The molecule has 3 atom stereocenters. The smallest absolute Gasteiger partial charge is 0.462 e. The first-order valence-electron chi connectivity index (χ1n) is 18.9. The highest BCUT2D eigenvalue weighted by atomic mass is 31.2. The van der Waals surface area contributed by atoms with Crippen molar-refractivity contribution in [2.45, 2.75) is 142 Å². The Hall–Kier alpha value is -2.59. The molecule has 0 saturated heterocycles. The van der Waals surface area contributed by atoms with E-state index in [2.05, 4.69) is 91.3 Å². The van der Waals surface area contributed by atoms with Gasteiger partial charge in [0, 0.05) is 12.8 Å². The van der Waals surface area contributed by atoms with E-state index >= 15 is 0 Å². The van der Waals surface area contributed by atoms with Crippen LogP contribution in [0.4, 0.5) is 0 Å². The van der Waals surface area contributed by atoms with E-state index in [0.717, 1.165) is 89.9 Å². The van der Waals surface area contributed by atoms with Gasteiger partial charge in [-0.1, -0.05) is 112 Å². The second-order valence-corrected chi connectivity index (χ2v) is 13.6. The summed E-state index contributed by atoms with van der Waals surface area (Å²) in [6.45, 7) is 2.06. The number of hydrogen-bond acceptors (Lipinski definition) is 9. The Morgan fingerprint density at radius 1 is 0.588 bits per heavy atom. The lowest BCUT2D eigenvalue weighted by atomic mass is 10.1. The zero-order chi connectivity index (χ0) is 37.7. The monoisotopic (exact) mass is 738 g/mol. The first-order chi connectivity index (χ1) is 24.7. The highest BCUT2D eigenvalue weighted by Crippen LogP contribution is 2.43. The molecule has 3 unspecified atom stereocenters. The van der Waals surface area contributed by atoms with Crippen molar-refractivity contribution < 1.29 is 47.8 Å². The zero-order valence-electron chi connectivity index (χ0n) is 31.3. The van der Waals surface area contributed by atoms with Crippen LogP contribution in [0.5, 0.6) is 0 Å². The van der Waals surface area contributed by atoms with Crippen LogP contribution < -0.4 is 0 Å². The van der Waals surface area contributed by atoms with Gasteiger partial charge in [0.1, 0.15) is 12.7 Å². The highest BCUT2D eigenvalue weighted by Gasteiger charge is 2.27. The van der Waals surface area contributed by atoms with Gasteiger partial charge in [0.25, 0.3) is 0 Å². The number of unbranched alkanes of at least 4 members (excludes halogenated alkanes) is 8. The van der Waals surface area contributed by atoms with Crippen LogP contribution in [-0.2, 0) is 32.7 Å². The predicted molar refractivity (Wildman–Crippen MR) is 205 cm³/mol. The minimum atomic E-state index is -4.63. The summed E-state index contributed by atoms with van der Waals surface area (Å²) in [7, 11) is -4.63. The summed E-state index contributed by atoms with van der Waals surface area (Å²) >= 11 is 0. The molecule has 11 heteroatoms. The maximum atomic E-state index is 12.5. The number of esters is 2. The quantitative estimate of drug-likeness (QED) is 0.0252. The number of rotatable bonds is 34. The topological polar surface area (TPSA) is 149 Å². The van der Waals surface area contributed by atoms with Gasteiger partial charge in [-0.15, -0.1) is 0 Å². The molecular formula is C40H67O10P. The van der Waals surface area contributed by atoms with E-state index in [1.807, 2.05) is 0 Å². The molecule has 0 aliphatic carbocycles. The molecule has 0 aromatic heterocycles. The lowest BCUT2D eigenvalue weighted by Gasteiger charge is -2.20. The Morgan fingerprint density at radius 2 is 1.02 bits per heavy atom.